The molecule has 2 aromatic heterocycles. The van der Waals surface area contributed by atoms with Crippen molar-refractivity contribution in [3.05, 3.63) is 46.0 Å². The topological polar surface area (TPSA) is 134 Å². The van der Waals surface area contributed by atoms with Gasteiger partial charge in [-0.2, -0.15) is 4.98 Å². The zero-order chi connectivity index (χ0) is 19.0. The first-order valence-corrected chi connectivity index (χ1v) is 8.91. The van der Waals surface area contributed by atoms with E-state index in [0.717, 1.165) is 5.56 Å². The van der Waals surface area contributed by atoms with Crippen molar-refractivity contribution in [1.29, 1.82) is 0 Å². The van der Waals surface area contributed by atoms with E-state index < -0.39 is 0 Å². The van der Waals surface area contributed by atoms with E-state index in [4.69, 9.17) is 5.73 Å². The second kappa shape index (κ2) is 6.82. The molecule has 1 fully saturated rings. The Kier molecular flexibility index (Phi) is 4.35. The number of nitrogens with zero attached hydrogens (tertiary/aromatic N) is 3. The van der Waals surface area contributed by atoms with Gasteiger partial charge in [0.1, 0.15) is 5.82 Å². The summed E-state index contributed by atoms with van der Waals surface area (Å²) in [6, 6.07) is 3.63. The van der Waals surface area contributed by atoms with Crippen molar-refractivity contribution in [2.24, 2.45) is 11.7 Å². The third-order valence-corrected chi connectivity index (χ3v) is 5.22. The number of anilines is 2. The molecule has 1 atom stereocenters. The van der Waals surface area contributed by atoms with Crippen LogP contribution in [0.25, 0.3) is 0 Å². The minimum absolute atomic E-state index is 0.153. The van der Waals surface area contributed by atoms with Crippen molar-refractivity contribution in [1.82, 2.24) is 15.0 Å². The zero-order valence-corrected chi connectivity index (χ0v) is 14.6. The van der Waals surface area contributed by atoms with Crippen molar-refractivity contribution in [2.45, 2.75) is 25.2 Å². The number of nitrogens with two attached hydrogens (primary N) is 1. The Hall–Kier alpha value is -3.23. The van der Waals surface area contributed by atoms with Crippen molar-refractivity contribution in [3.8, 4) is 0 Å². The maximum atomic E-state index is 12.8. The van der Waals surface area contributed by atoms with E-state index >= 15 is 0 Å². The number of hydrogen-bond donors (Lipinski definition) is 3. The molecule has 2 aliphatic rings. The van der Waals surface area contributed by atoms with Gasteiger partial charge in [0.25, 0.3) is 5.56 Å². The Morgan fingerprint density at radius 3 is 2.70 bits per heavy atom. The fraction of sp³-hybridized carbons (Fsp3) is 0.389. The lowest BCUT2D eigenvalue weighted by Crippen LogP contribution is -2.41. The number of hydrogen-bond acceptors (Lipinski definition) is 6. The summed E-state index contributed by atoms with van der Waals surface area (Å²) in [5.41, 5.74) is 6.34. The van der Waals surface area contributed by atoms with E-state index in [1.807, 2.05) is 11.0 Å². The predicted octanol–water partition coefficient (Wildman–Crippen LogP) is 0.341. The van der Waals surface area contributed by atoms with Crippen molar-refractivity contribution in [3.63, 3.8) is 0 Å². The third kappa shape index (κ3) is 3.27. The SMILES string of the molecule is NC(=O)C1CCN(c2nc3c(c(=O)[nH]2)[C@H](c2cccnc2)CC(=O)N3)CC1. The van der Waals surface area contributed by atoms with Gasteiger partial charge in [0, 0.05) is 43.7 Å². The molecule has 4 heterocycles. The van der Waals surface area contributed by atoms with Gasteiger partial charge in [-0.05, 0) is 24.5 Å². The number of aromatic amines is 1. The van der Waals surface area contributed by atoms with Gasteiger partial charge >= 0.3 is 0 Å². The van der Waals surface area contributed by atoms with Gasteiger partial charge < -0.3 is 16.0 Å². The van der Waals surface area contributed by atoms with Crippen LogP contribution in [0.1, 0.15) is 36.3 Å². The molecule has 0 spiro atoms. The molecular weight excluding hydrogens is 348 g/mol. The number of H-pyrrole nitrogens is 1. The van der Waals surface area contributed by atoms with Crippen LogP contribution >= 0.6 is 0 Å². The van der Waals surface area contributed by atoms with Gasteiger partial charge in [-0.3, -0.25) is 24.4 Å². The van der Waals surface area contributed by atoms with E-state index in [2.05, 4.69) is 20.3 Å². The Morgan fingerprint density at radius 1 is 1.26 bits per heavy atom. The molecule has 0 aliphatic carbocycles. The van der Waals surface area contributed by atoms with Crippen LogP contribution < -0.4 is 21.5 Å². The largest absolute Gasteiger partial charge is 0.369 e. The van der Waals surface area contributed by atoms with Crippen LogP contribution in [0.3, 0.4) is 0 Å². The summed E-state index contributed by atoms with van der Waals surface area (Å²) >= 11 is 0. The smallest absolute Gasteiger partial charge is 0.258 e. The zero-order valence-electron chi connectivity index (χ0n) is 14.6. The van der Waals surface area contributed by atoms with E-state index in [9.17, 15) is 14.4 Å². The third-order valence-electron chi connectivity index (χ3n) is 5.22. The molecule has 2 aliphatic heterocycles. The van der Waals surface area contributed by atoms with E-state index in [0.29, 0.717) is 37.4 Å². The molecule has 0 saturated carbocycles. The quantitative estimate of drug-likeness (QED) is 0.715. The van der Waals surface area contributed by atoms with Gasteiger partial charge in [-0.25, -0.2) is 0 Å². The average Bonchev–Trinajstić information content (AvgIpc) is 2.67. The average molecular weight is 368 g/mol. The van der Waals surface area contributed by atoms with Crippen molar-refractivity contribution >= 4 is 23.6 Å². The summed E-state index contributed by atoms with van der Waals surface area (Å²) in [4.78, 5) is 49.7. The Balaban J connectivity index is 1.67. The summed E-state index contributed by atoms with van der Waals surface area (Å²) in [5, 5.41) is 2.72. The van der Waals surface area contributed by atoms with Crippen LogP contribution in [0.4, 0.5) is 11.8 Å². The highest BCUT2D eigenvalue weighted by Gasteiger charge is 2.32. The maximum absolute atomic E-state index is 12.8. The van der Waals surface area contributed by atoms with Crippen molar-refractivity contribution in [2.75, 3.05) is 23.3 Å². The van der Waals surface area contributed by atoms with Crippen molar-refractivity contribution < 1.29 is 9.59 Å². The first-order valence-electron chi connectivity index (χ1n) is 8.91. The lowest BCUT2D eigenvalue weighted by atomic mass is 9.88. The Bertz CT molecular complexity index is 934. The predicted molar refractivity (Wildman–Crippen MR) is 98.3 cm³/mol. The van der Waals surface area contributed by atoms with Crippen LogP contribution in [0, 0.1) is 5.92 Å². The number of primary amides is 1. The molecule has 9 nitrogen and oxygen atoms in total. The number of carbonyl (C=O) groups excluding carboxylic acids is 2. The standard InChI is InChI=1S/C18H20N6O3/c19-15(26)10-3-6-24(7-4-10)18-22-16-14(17(27)23-18)12(8-13(25)21-16)11-2-1-5-20-9-11/h1-2,5,9-10,12H,3-4,6-8H2,(H2,19,26)(H2,21,22,23,25,27)/t12-/m0/s1. The fourth-order valence-corrected chi connectivity index (χ4v) is 3.75. The van der Waals surface area contributed by atoms with Crippen LogP contribution in [0.2, 0.25) is 0 Å². The summed E-state index contributed by atoms with van der Waals surface area (Å²) in [5.74, 6) is -0.334. The summed E-state index contributed by atoms with van der Waals surface area (Å²) in [6.45, 7) is 1.13. The van der Waals surface area contributed by atoms with Crippen LogP contribution in [0.5, 0.6) is 0 Å². The maximum Gasteiger partial charge on any atom is 0.258 e. The van der Waals surface area contributed by atoms with Crippen LogP contribution in [0.15, 0.2) is 29.3 Å². The number of fused-ring (bicyclic) bond motifs is 1. The first-order chi connectivity index (χ1) is 13.0. The summed E-state index contributed by atoms with van der Waals surface area (Å²) in [6.07, 6.45) is 4.71. The number of pyridine rings is 1. The number of amides is 2. The minimum Gasteiger partial charge on any atom is -0.369 e. The van der Waals surface area contributed by atoms with Gasteiger partial charge in [-0.1, -0.05) is 6.07 Å². The number of carbonyl (C=O) groups is 2. The molecule has 0 bridgehead atoms. The molecule has 2 amide bonds. The Labute approximate surface area is 155 Å². The highest BCUT2D eigenvalue weighted by molar-refractivity contribution is 5.94. The summed E-state index contributed by atoms with van der Waals surface area (Å²) in [7, 11) is 0. The monoisotopic (exact) mass is 368 g/mol. The molecule has 27 heavy (non-hydrogen) atoms. The van der Waals surface area contributed by atoms with E-state index in [1.165, 1.54) is 0 Å². The fourth-order valence-electron chi connectivity index (χ4n) is 3.75. The molecule has 1 saturated heterocycles. The lowest BCUT2D eigenvalue weighted by molar-refractivity contribution is -0.122. The first kappa shape index (κ1) is 17.2. The van der Waals surface area contributed by atoms with Gasteiger partial charge in [0.15, 0.2) is 0 Å². The number of rotatable bonds is 3. The Morgan fingerprint density at radius 2 is 2.04 bits per heavy atom. The molecule has 0 unspecified atom stereocenters. The van der Waals surface area contributed by atoms with Gasteiger partial charge in [-0.15, -0.1) is 0 Å². The minimum atomic E-state index is -0.381. The van der Waals surface area contributed by atoms with E-state index in [1.54, 1.807) is 18.5 Å². The molecule has 9 heteroatoms. The second-order valence-electron chi connectivity index (χ2n) is 6.91. The van der Waals surface area contributed by atoms with Gasteiger partial charge in [0.2, 0.25) is 17.8 Å². The molecule has 0 radical (unpaired) electrons. The summed E-state index contributed by atoms with van der Waals surface area (Å²) < 4.78 is 0. The molecule has 140 valence electrons. The molecule has 4 N–H and O–H groups in total. The van der Waals surface area contributed by atoms with E-state index in [-0.39, 0.29) is 41.4 Å². The lowest BCUT2D eigenvalue weighted by Gasteiger charge is -2.32. The number of piperidine rings is 1. The second-order valence-corrected chi connectivity index (χ2v) is 6.91. The van der Waals surface area contributed by atoms with Crippen LogP contribution in [-0.4, -0.2) is 39.9 Å². The molecule has 4 rings (SSSR count). The number of nitrogens with one attached hydrogen (secondary N) is 2. The molecular formula is C18H20N6O3. The normalized spacial score (nSPS) is 20.1. The highest BCUT2D eigenvalue weighted by Crippen LogP contribution is 2.34. The highest BCUT2D eigenvalue weighted by atomic mass is 16.2. The molecule has 0 aromatic carbocycles. The van der Waals surface area contributed by atoms with Crippen LogP contribution in [-0.2, 0) is 9.59 Å². The number of aromatic nitrogens is 3. The van der Waals surface area contributed by atoms with Gasteiger partial charge in [0.05, 0.1) is 5.56 Å². The molecule has 2 aromatic rings.